The van der Waals surface area contributed by atoms with E-state index in [1.807, 2.05) is 30.3 Å². The summed E-state index contributed by atoms with van der Waals surface area (Å²) in [6.07, 6.45) is 14.0. The largest absolute Gasteiger partial charge is 0.399 e. The molecule has 0 spiro atoms. The lowest BCUT2D eigenvalue weighted by molar-refractivity contribution is 1.39. The Bertz CT molecular complexity index is 744. The number of hydrogen-bond acceptors (Lipinski definition) is 1. The molecule has 1 aliphatic rings. The fourth-order valence-electron chi connectivity index (χ4n) is 2.42. The normalized spacial score (nSPS) is 14.5. The molecule has 3 rings (SSSR count). The molecule has 0 heterocycles. The average Bonchev–Trinajstić information content (AvgIpc) is 2.81. The second-order valence-electron chi connectivity index (χ2n) is 5.33. The summed E-state index contributed by atoms with van der Waals surface area (Å²) >= 11 is 0. The Morgan fingerprint density at radius 1 is 0.818 bits per heavy atom. The zero-order valence-electron chi connectivity index (χ0n) is 12.4. The first-order valence-corrected chi connectivity index (χ1v) is 7.48. The van der Waals surface area contributed by atoms with Crippen molar-refractivity contribution in [2.24, 2.45) is 0 Å². The molecule has 108 valence electrons. The van der Waals surface area contributed by atoms with E-state index in [9.17, 15) is 0 Å². The fourth-order valence-corrected chi connectivity index (χ4v) is 2.42. The highest BCUT2D eigenvalue weighted by Crippen LogP contribution is 2.22. The van der Waals surface area contributed by atoms with Crippen molar-refractivity contribution in [2.45, 2.75) is 6.42 Å². The molecule has 0 atom stereocenters. The minimum absolute atomic E-state index is 0.793. The quantitative estimate of drug-likeness (QED) is 0.766. The Morgan fingerprint density at radius 3 is 2.36 bits per heavy atom. The molecule has 0 fully saturated rings. The highest BCUT2D eigenvalue weighted by Gasteiger charge is 2.00. The summed E-state index contributed by atoms with van der Waals surface area (Å²) in [5, 5.41) is 0. The summed E-state index contributed by atoms with van der Waals surface area (Å²) in [7, 11) is 0. The van der Waals surface area contributed by atoms with Gasteiger partial charge in [0.15, 0.2) is 0 Å². The second kappa shape index (κ2) is 6.77. The lowest BCUT2D eigenvalue weighted by Crippen LogP contribution is -1.82. The van der Waals surface area contributed by atoms with Crippen LogP contribution in [0.2, 0.25) is 0 Å². The number of allylic oxidation sites excluding steroid dienone is 7. The van der Waals surface area contributed by atoms with Gasteiger partial charge in [-0.15, -0.1) is 0 Å². The van der Waals surface area contributed by atoms with Gasteiger partial charge in [0.05, 0.1) is 0 Å². The first-order valence-electron chi connectivity index (χ1n) is 7.48. The smallest absolute Gasteiger partial charge is 0.0314 e. The molecule has 2 aromatic carbocycles. The average molecular weight is 285 g/mol. The predicted octanol–water partition coefficient (Wildman–Crippen LogP) is 5.25. The van der Waals surface area contributed by atoms with Gasteiger partial charge in [-0.1, -0.05) is 78.9 Å². The monoisotopic (exact) mass is 285 g/mol. The van der Waals surface area contributed by atoms with Gasteiger partial charge < -0.3 is 5.73 Å². The fraction of sp³-hybridized carbons (Fsp3) is 0.0476. The number of anilines is 1. The summed E-state index contributed by atoms with van der Waals surface area (Å²) in [6, 6.07) is 18.4. The molecule has 1 nitrogen and oxygen atoms in total. The molecule has 0 saturated heterocycles. The zero-order valence-corrected chi connectivity index (χ0v) is 12.4. The van der Waals surface area contributed by atoms with E-state index in [4.69, 9.17) is 5.73 Å². The van der Waals surface area contributed by atoms with E-state index in [0.717, 1.165) is 17.7 Å². The molecule has 2 aromatic rings. The summed E-state index contributed by atoms with van der Waals surface area (Å²) in [6.45, 7) is 0. The van der Waals surface area contributed by atoms with Crippen LogP contribution in [0.25, 0.3) is 11.6 Å². The lowest BCUT2D eigenvalue weighted by Gasteiger charge is -2.02. The van der Waals surface area contributed by atoms with E-state index in [-0.39, 0.29) is 0 Å². The third kappa shape index (κ3) is 3.64. The van der Waals surface area contributed by atoms with E-state index in [0.29, 0.717) is 0 Å². The minimum Gasteiger partial charge on any atom is -0.399 e. The summed E-state index contributed by atoms with van der Waals surface area (Å²) in [4.78, 5) is 0. The molecule has 1 heteroatoms. The maximum absolute atomic E-state index is 5.70. The van der Waals surface area contributed by atoms with Crippen LogP contribution in [-0.4, -0.2) is 0 Å². The van der Waals surface area contributed by atoms with Crippen molar-refractivity contribution >= 4 is 17.3 Å². The maximum Gasteiger partial charge on any atom is 0.0314 e. The topological polar surface area (TPSA) is 26.0 Å². The van der Waals surface area contributed by atoms with Gasteiger partial charge in [-0.3, -0.25) is 0 Å². The van der Waals surface area contributed by atoms with Crippen LogP contribution in [0.5, 0.6) is 0 Å². The molecule has 1 aliphatic carbocycles. The Morgan fingerprint density at radius 2 is 1.59 bits per heavy atom. The highest BCUT2D eigenvalue weighted by molar-refractivity contribution is 5.70. The number of benzene rings is 2. The third-order valence-corrected chi connectivity index (χ3v) is 3.67. The third-order valence-electron chi connectivity index (χ3n) is 3.67. The molecule has 0 amide bonds. The van der Waals surface area contributed by atoms with Crippen LogP contribution in [0.4, 0.5) is 5.69 Å². The van der Waals surface area contributed by atoms with Gasteiger partial charge >= 0.3 is 0 Å². The van der Waals surface area contributed by atoms with Gasteiger partial charge in [0.2, 0.25) is 0 Å². The van der Waals surface area contributed by atoms with Crippen molar-refractivity contribution in [2.75, 3.05) is 5.73 Å². The molecule has 0 saturated carbocycles. The number of hydrogen-bond donors (Lipinski definition) is 1. The van der Waals surface area contributed by atoms with Crippen LogP contribution < -0.4 is 5.73 Å². The lowest BCUT2D eigenvalue weighted by atomic mass is 10.0. The Kier molecular flexibility index (Phi) is 4.35. The van der Waals surface area contributed by atoms with Crippen molar-refractivity contribution in [1.29, 1.82) is 0 Å². The number of nitrogens with two attached hydrogens (primary N) is 1. The van der Waals surface area contributed by atoms with E-state index in [1.54, 1.807) is 0 Å². The predicted molar refractivity (Wildman–Crippen MR) is 96.1 cm³/mol. The SMILES string of the molecule is Nc1ccc(/C=C/C2=CC=C(c3ccccc3)CC=C2)cc1. The van der Waals surface area contributed by atoms with Gasteiger partial charge in [-0.05, 0) is 40.8 Å². The van der Waals surface area contributed by atoms with Gasteiger partial charge in [0, 0.05) is 5.69 Å². The summed E-state index contributed by atoms with van der Waals surface area (Å²) in [5.41, 5.74) is 11.5. The molecule has 2 N–H and O–H groups in total. The van der Waals surface area contributed by atoms with Crippen LogP contribution in [0, 0.1) is 0 Å². The van der Waals surface area contributed by atoms with E-state index in [1.165, 1.54) is 16.7 Å². The molecule has 22 heavy (non-hydrogen) atoms. The minimum atomic E-state index is 0.793. The second-order valence-corrected chi connectivity index (χ2v) is 5.33. The van der Waals surface area contributed by atoms with Crippen LogP contribution >= 0.6 is 0 Å². The van der Waals surface area contributed by atoms with Crippen molar-refractivity contribution < 1.29 is 0 Å². The van der Waals surface area contributed by atoms with Crippen molar-refractivity contribution in [3.05, 3.63) is 102 Å². The molecular weight excluding hydrogens is 266 g/mol. The van der Waals surface area contributed by atoms with Gasteiger partial charge in [0.1, 0.15) is 0 Å². The van der Waals surface area contributed by atoms with Crippen LogP contribution in [0.15, 0.2) is 90.6 Å². The molecule has 0 aliphatic heterocycles. The highest BCUT2D eigenvalue weighted by atomic mass is 14.5. The number of rotatable bonds is 3. The van der Waals surface area contributed by atoms with Crippen molar-refractivity contribution in [1.82, 2.24) is 0 Å². The van der Waals surface area contributed by atoms with Gasteiger partial charge in [-0.2, -0.15) is 0 Å². The maximum atomic E-state index is 5.70. The summed E-state index contributed by atoms with van der Waals surface area (Å²) in [5.74, 6) is 0. The molecule has 0 unspecified atom stereocenters. The van der Waals surface area contributed by atoms with Crippen LogP contribution in [0.1, 0.15) is 17.5 Å². The van der Waals surface area contributed by atoms with E-state index >= 15 is 0 Å². The Balaban J connectivity index is 1.79. The van der Waals surface area contributed by atoms with E-state index in [2.05, 4.69) is 60.7 Å². The zero-order chi connectivity index (χ0) is 15.2. The Labute approximate surface area is 131 Å². The first-order chi connectivity index (χ1) is 10.8. The van der Waals surface area contributed by atoms with E-state index < -0.39 is 0 Å². The molecule has 0 bridgehead atoms. The van der Waals surface area contributed by atoms with Crippen molar-refractivity contribution in [3.63, 3.8) is 0 Å². The van der Waals surface area contributed by atoms with Gasteiger partial charge in [0.25, 0.3) is 0 Å². The standard InChI is InChI=1S/C21H19N/c22-21-15-12-18(13-16-21)10-9-17-5-4-8-20(14-11-17)19-6-2-1-3-7-19/h1-7,9-16H,8,22H2/b10-9+. The van der Waals surface area contributed by atoms with Crippen molar-refractivity contribution in [3.8, 4) is 0 Å². The molecular formula is C21H19N. The Hall–Kier alpha value is -2.80. The van der Waals surface area contributed by atoms with Crippen LogP contribution in [-0.2, 0) is 0 Å². The van der Waals surface area contributed by atoms with Crippen LogP contribution in [0.3, 0.4) is 0 Å². The van der Waals surface area contributed by atoms with Gasteiger partial charge in [-0.25, -0.2) is 0 Å². The molecule has 0 aromatic heterocycles. The molecule has 0 radical (unpaired) electrons. The first kappa shape index (κ1) is 14.2. The summed E-state index contributed by atoms with van der Waals surface area (Å²) < 4.78 is 0. The number of nitrogen functional groups attached to an aromatic ring is 1.